The van der Waals surface area contributed by atoms with E-state index in [2.05, 4.69) is 20.5 Å². The van der Waals surface area contributed by atoms with Crippen LogP contribution in [-0.4, -0.2) is 21.6 Å². The molecule has 2 aromatic carbocycles. The number of aromatic amines is 1. The highest BCUT2D eigenvalue weighted by atomic mass is 19.1. The molecule has 0 aliphatic carbocycles. The number of nitrogens with zero attached hydrogens (tertiary/aromatic N) is 2. The van der Waals surface area contributed by atoms with Gasteiger partial charge in [-0.2, -0.15) is 5.10 Å². The maximum Gasteiger partial charge on any atom is 0.240 e. The number of H-pyrrole nitrogens is 1. The van der Waals surface area contributed by atoms with Crippen molar-refractivity contribution in [2.45, 2.75) is 19.8 Å². The lowest BCUT2D eigenvalue weighted by atomic mass is 10.1. The van der Waals surface area contributed by atoms with Crippen LogP contribution < -0.4 is 5.43 Å². The molecule has 2 N–H and O–H groups in total. The number of halogens is 1. The van der Waals surface area contributed by atoms with Gasteiger partial charge in [0.1, 0.15) is 11.6 Å². The Morgan fingerprint density at radius 2 is 1.96 bits per heavy atom. The predicted octanol–water partition coefficient (Wildman–Crippen LogP) is 3.18. The van der Waals surface area contributed by atoms with Gasteiger partial charge in [0.25, 0.3) is 0 Å². The quantitative estimate of drug-likeness (QED) is 0.559. The molecule has 1 heterocycles. The molecule has 0 radical (unpaired) electrons. The average molecular weight is 324 g/mol. The maximum absolute atomic E-state index is 12.9. The minimum absolute atomic E-state index is 0.197. The molecule has 0 unspecified atom stereocenters. The largest absolute Gasteiger partial charge is 0.342 e. The zero-order valence-corrected chi connectivity index (χ0v) is 13.2. The van der Waals surface area contributed by atoms with Gasteiger partial charge in [-0.25, -0.2) is 14.8 Å². The van der Waals surface area contributed by atoms with Gasteiger partial charge in [0, 0.05) is 12.8 Å². The van der Waals surface area contributed by atoms with E-state index in [1.165, 1.54) is 12.1 Å². The summed E-state index contributed by atoms with van der Waals surface area (Å²) >= 11 is 0. The Kier molecular flexibility index (Phi) is 4.65. The number of aromatic nitrogens is 2. The minimum Gasteiger partial charge on any atom is -0.342 e. The highest BCUT2D eigenvalue weighted by Gasteiger charge is 2.06. The van der Waals surface area contributed by atoms with Crippen LogP contribution in [0.1, 0.15) is 24.7 Å². The number of hydrazone groups is 1. The SMILES string of the molecule is C/C(=N\NC(=O)CCc1nc2ccccc2[nH]1)c1ccc(F)cc1. The molecule has 122 valence electrons. The summed E-state index contributed by atoms with van der Waals surface area (Å²) in [4.78, 5) is 19.5. The van der Waals surface area contributed by atoms with Gasteiger partial charge >= 0.3 is 0 Å². The first-order chi connectivity index (χ1) is 11.6. The van der Waals surface area contributed by atoms with Crippen molar-refractivity contribution in [3.8, 4) is 0 Å². The van der Waals surface area contributed by atoms with Crippen molar-refractivity contribution in [2.75, 3.05) is 0 Å². The number of fused-ring (bicyclic) bond motifs is 1. The molecule has 3 rings (SSSR count). The number of carbonyl (C=O) groups is 1. The van der Waals surface area contributed by atoms with E-state index in [1.54, 1.807) is 19.1 Å². The fourth-order valence-corrected chi connectivity index (χ4v) is 2.31. The Morgan fingerprint density at radius 3 is 2.71 bits per heavy atom. The number of carbonyl (C=O) groups excluding carboxylic acids is 1. The highest BCUT2D eigenvalue weighted by molar-refractivity contribution is 5.99. The lowest BCUT2D eigenvalue weighted by Crippen LogP contribution is -2.19. The normalized spacial score (nSPS) is 11.7. The van der Waals surface area contributed by atoms with Crippen molar-refractivity contribution < 1.29 is 9.18 Å². The molecule has 0 saturated carbocycles. The van der Waals surface area contributed by atoms with Gasteiger partial charge < -0.3 is 4.98 Å². The zero-order chi connectivity index (χ0) is 16.9. The Hall–Kier alpha value is -3.02. The van der Waals surface area contributed by atoms with Crippen molar-refractivity contribution in [1.82, 2.24) is 15.4 Å². The Morgan fingerprint density at radius 1 is 1.21 bits per heavy atom. The zero-order valence-electron chi connectivity index (χ0n) is 13.2. The van der Waals surface area contributed by atoms with E-state index in [0.29, 0.717) is 12.1 Å². The predicted molar refractivity (Wildman–Crippen MR) is 91.2 cm³/mol. The summed E-state index contributed by atoms with van der Waals surface area (Å²) in [5.74, 6) is 0.268. The molecule has 0 aliphatic rings. The smallest absolute Gasteiger partial charge is 0.240 e. The number of benzene rings is 2. The number of hydrogen-bond donors (Lipinski definition) is 2. The summed E-state index contributed by atoms with van der Waals surface area (Å²) in [6.45, 7) is 1.76. The first-order valence-electron chi connectivity index (χ1n) is 7.64. The van der Waals surface area contributed by atoms with E-state index >= 15 is 0 Å². The molecule has 0 fully saturated rings. The van der Waals surface area contributed by atoms with Crippen molar-refractivity contribution >= 4 is 22.7 Å². The summed E-state index contributed by atoms with van der Waals surface area (Å²) in [5.41, 5.74) is 5.73. The van der Waals surface area contributed by atoms with Gasteiger partial charge in [0.2, 0.25) is 5.91 Å². The van der Waals surface area contributed by atoms with Gasteiger partial charge in [0.05, 0.1) is 16.7 Å². The first-order valence-corrected chi connectivity index (χ1v) is 7.64. The fourth-order valence-electron chi connectivity index (χ4n) is 2.31. The molecule has 3 aromatic rings. The summed E-state index contributed by atoms with van der Waals surface area (Å²) in [7, 11) is 0. The molecule has 0 atom stereocenters. The third-order valence-corrected chi connectivity index (χ3v) is 3.64. The van der Waals surface area contributed by atoms with Crippen LogP contribution >= 0.6 is 0 Å². The van der Waals surface area contributed by atoms with Crippen LogP contribution in [0.25, 0.3) is 11.0 Å². The molecule has 24 heavy (non-hydrogen) atoms. The van der Waals surface area contributed by atoms with Gasteiger partial charge in [0.15, 0.2) is 0 Å². The number of amides is 1. The van der Waals surface area contributed by atoms with E-state index in [4.69, 9.17) is 0 Å². The molecule has 1 aromatic heterocycles. The summed E-state index contributed by atoms with van der Waals surface area (Å²) in [6.07, 6.45) is 0.783. The Labute approximate surface area is 138 Å². The molecule has 1 amide bonds. The van der Waals surface area contributed by atoms with E-state index in [1.807, 2.05) is 24.3 Å². The molecular weight excluding hydrogens is 307 g/mol. The monoisotopic (exact) mass is 324 g/mol. The maximum atomic E-state index is 12.9. The average Bonchev–Trinajstić information content (AvgIpc) is 3.01. The van der Waals surface area contributed by atoms with Crippen LogP contribution in [0.2, 0.25) is 0 Å². The number of nitrogens with one attached hydrogen (secondary N) is 2. The number of para-hydroxylation sites is 2. The van der Waals surface area contributed by atoms with Crippen LogP contribution in [0.3, 0.4) is 0 Å². The highest BCUT2D eigenvalue weighted by Crippen LogP contribution is 2.11. The summed E-state index contributed by atoms with van der Waals surface area (Å²) in [6, 6.07) is 13.7. The molecule has 5 nitrogen and oxygen atoms in total. The van der Waals surface area contributed by atoms with Gasteiger partial charge in [-0.1, -0.05) is 24.3 Å². The van der Waals surface area contributed by atoms with Crippen molar-refractivity contribution in [3.63, 3.8) is 0 Å². The molecule has 0 aliphatic heterocycles. The first kappa shape index (κ1) is 15.9. The third kappa shape index (κ3) is 3.84. The van der Waals surface area contributed by atoms with E-state index in [0.717, 1.165) is 22.4 Å². The summed E-state index contributed by atoms with van der Waals surface area (Å²) in [5, 5.41) is 4.04. The van der Waals surface area contributed by atoms with E-state index < -0.39 is 0 Å². The molecule has 0 saturated heterocycles. The second-order valence-electron chi connectivity index (χ2n) is 5.44. The topological polar surface area (TPSA) is 70.1 Å². The van der Waals surface area contributed by atoms with Crippen LogP contribution in [0, 0.1) is 5.82 Å². The van der Waals surface area contributed by atoms with Crippen molar-refractivity contribution in [2.24, 2.45) is 5.10 Å². The Balaban J connectivity index is 1.55. The number of imidazole rings is 1. The van der Waals surface area contributed by atoms with Crippen molar-refractivity contribution in [3.05, 3.63) is 65.7 Å². The second-order valence-corrected chi connectivity index (χ2v) is 5.44. The number of aryl methyl sites for hydroxylation is 1. The number of hydrogen-bond acceptors (Lipinski definition) is 3. The Bertz CT molecular complexity index is 850. The molecule has 0 bridgehead atoms. The van der Waals surface area contributed by atoms with Crippen LogP contribution in [0.4, 0.5) is 4.39 Å². The summed E-state index contributed by atoms with van der Waals surface area (Å²) < 4.78 is 12.9. The van der Waals surface area contributed by atoms with Gasteiger partial charge in [-0.05, 0) is 36.8 Å². The lowest BCUT2D eigenvalue weighted by molar-refractivity contribution is -0.121. The van der Waals surface area contributed by atoms with Gasteiger partial charge in [-0.15, -0.1) is 0 Å². The van der Waals surface area contributed by atoms with E-state index in [9.17, 15) is 9.18 Å². The molecule has 6 heteroatoms. The third-order valence-electron chi connectivity index (χ3n) is 3.64. The standard InChI is InChI=1S/C18H17FN4O/c1-12(13-6-8-14(19)9-7-13)22-23-18(24)11-10-17-20-15-4-2-3-5-16(15)21-17/h2-9H,10-11H2,1H3,(H,20,21)(H,23,24)/b22-12+. The second kappa shape index (κ2) is 7.04. The van der Waals surface area contributed by atoms with E-state index in [-0.39, 0.29) is 18.1 Å². The molecule has 0 spiro atoms. The van der Waals surface area contributed by atoms with Crippen molar-refractivity contribution in [1.29, 1.82) is 0 Å². The minimum atomic E-state index is -0.304. The van der Waals surface area contributed by atoms with Crippen LogP contribution in [0.15, 0.2) is 53.6 Å². The van der Waals surface area contributed by atoms with Crippen LogP contribution in [-0.2, 0) is 11.2 Å². The molecular formula is C18H17FN4O. The number of rotatable bonds is 5. The fraction of sp³-hybridized carbons (Fsp3) is 0.167. The lowest BCUT2D eigenvalue weighted by Gasteiger charge is -2.02. The van der Waals surface area contributed by atoms with Gasteiger partial charge in [-0.3, -0.25) is 4.79 Å². The van der Waals surface area contributed by atoms with Crippen LogP contribution in [0.5, 0.6) is 0 Å².